The topological polar surface area (TPSA) is 68.2 Å². The van der Waals surface area contributed by atoms with E-state index in [1.54, 1.807) is 0 Å². The predicted molar refractivity (Wildman–Crippen MR) is 78.4 cm³/mol. The SMILES string of the molecule is CC(C)Cc1noc(CN2CCc3cccc(N)c32)n1. The van der Waals surface area contributed by atoms with E-state index in [4.69, 9.17) is 10.3 Å². The zero-order valence-corrected chi connectivity index (χ0v) is 12.0. The Bertz CT molecular complexity index is 606. The van der Waals surface area contributed by atoms with Gasteiger partial charge in [-0.1, -0.05) is 31.1 Å². The van der Waals surface area contributed by atoms with Crippen LogP contribution in [0, 0.1) is 5.92 Å². The lowest BCUT2D eigenvalue weighted by Gasteiger charge is -2.18. The summed E-state index contributed by atoms with van der Waals surface area (Å²) in [6.07, 6.45) is 1.87. The number of hydrogen-bond acceptors (Lipinski definition) is 5. The van der Waals surface area contributed by atoms with Crippen LogP contribution in [0.5, 0.6) is 0 Å². The Balaban J connectivity index is 1.76. The van der Waals surface area contributed by atoms with E-state index in [9.17, 15) is 0 Å². The highest BCUT2D eigenvalue weighted by Crippen LogP contribution is 2.34. The van der Waals surface area contributed by atoms with Crippen LogP contribution in [0.1, 0.15) is 31.1 Å². The molecule has 0 spiro atoms. The number of rotatable bonds is 4. The van der Waals surface area contributed by atoms with E-state index in [0.29, 0.717) is 18.4 Å². The van der Waals surface area contributed by atoms with Crippen LogP contribution in [-0.2, 0) is 19.4 Å². The van der Waals surface area contributed by atoms with Gasteiger partial charge in [-0.3, -0.25) is 0 Å². The van der Waals surface area contributed by atoms with Crippen LogP contribution < -0.4 is 10.6 Å². The second kappa shape index (κ2) is 5.15. The minimum Gasteiger partial charge on any atom is -0.397 e. The Morgan fingerprint density at radius 2 is 2.25 bits per heavy atom. The van der Waals surface area contributed by atoms with Crippen LogP contribution in [0.15, 0.2) is 22.7 Å². The van der Waals surface area contributed by atoms with Gasteiger partial charge in [0.25, 0.3) is 0 Å². The summed E-state index contributed by atoms with van der Waals surface area (Å²) in [5, 5.41) is 4.03. The Kier molecular flexibility index (Phi) is 3.34. The summed E-state index contributed by atoms with van der Waals surface area (Å²) in [6, 6.07) is 6.07. The van der Waals surface area contributed by atoms with Gasteiger partial charge in [0.1, 0.15) is 0 Å². The highest BCUT2D eigenvalue weighted by atomic mass is 16.5. The average molecular weight is 272 g/mol. The van der Waals surface area contributed by atoms with E-state index in [-0.39, 0.29) is 0 Å². The van der Waals surface area contributed by atoms with Gasteiger partial charge in [0, 0.05) is 13.0 Å². The molecule has 5 nitrogen and oxygen atoms in total. The summed E-state index contributed by atoms with van der Waals surface area (Å²) < 4.78 is 5.34. The molecule has 3 rings (SSSR count). The molecule has 0 bridgehead atoms. The van der Waals surface area contributed by atoms with Crippen LogP contribution in [0.25, 0.3) is 0 Å². The fourth-order valence-electron chi connectivity index (χ4n) is 2.69. The molecule has 1 aliphatic rings. The Morgan fingerprint density at radius 1 is 1.40 bits per heavy atom. The minimum absolute atomic E-state index is 0.531. The first-order chi connectivity index (χ1) is 9.63. The number of anilines is 2. The van der Waals surface area contributed by atoms with E-state index in [0.717, 1.165) is 36.6 Å². The molecule has 2 N–H and O–H groups in total. The standard InChI is InChI=1S/C15H20N4O/c1-10(2)8-13-17-14(20-18-13)9-19-7-6-11-4-3-5-12(16)15(11)19/h3-5,10H,6-9,16H2,1-2H3. The van der Waals surface area contributed by atoms with Gasteiger partial charge in [0.2, 0.25) is 5.89 Å². The molecule has 0 saturated carbocycles. The number of aromatic nitrogens is 2. The molecule has 1 aliphatic heterocycles. The average Bonchev–Trinajstić information content (AvgIpc) is 2.98. The molecule has 2 heterocycles. The highest BCUT2D eigenvalue weighted by Gasteiger charge is 2.23. The molecule has 106 valence electrons. The molecule has 5 heteroatoms. The quantitative estimate of drug-likeness (QED) is 0.866. The monoisotopic (exact) mass is 272 g/mol. The molecular weight excluding hydrogens is 252 g/mol. The van der Waals surface area contributed by atoms with Crippen LogP contribution in [-0.4, -0.2) is 16.7 Å². The fraction of sp³-hybridized carbons (Fsp3) is 0.467. The first-order valence-electron chi connectivity index (χ1n) is 7.07. The number of nitrogens with zero attached hydrogens (tertiary/aromatic N) is 3. The third-order valence-electron chi connectivity index (χ3n) is 3.55. The Hall–Kier alpha value is -2.04. The molecule has 0 aliphatic carbocycles. The lowest BCUT2D eigenvalue weighted by molar-refractivity contribution is 0.369. The zero-order valence-electron chi connectivity index (χ0n) is 12.0. The largest absolute Gasteiger partial charge is 0.397 e. The number of hydrogen-bond donors (Lipinski definition) is 1. The van der Waals surface area contributed by atoms with Gasteiger partial charge in [-0.2, -0.15) is 4.98 Å². The summed E-state index contributed by atoms with van der Waals surface area (Å²) in [4.78, 5) is 6.68. The summed E-state index contributed by atoms with van der Waals surface area (Å²) in [5.74, 6) is 1.98. The van der Waals surface area contributed by atoms with E-state index < -0.39 is 0 Å². The maximum atomic E-state index is 6.08. The molecule has 0 fully saturated rings. The van der Waals surface area contributed by atoms with E-state index in [1.807, 2.05) is 12.1 Å². The maximum absolute atomic E-state index is 6.08. The Morgan fingerprint density at radius 3 is 3.05 bits per heavy atom. The maximum Gasteiger partial charge on any atom is 0.246 e. The molecule has 0 amide bonds. The van der Waals surface area contributed by atoms with Gasteiger partial charge in [0.05, 0.1) is 17.9 Å². The van der Waals surface area contributed by atoms with E-state index >= 15 is 0 Å². The fourth-order valence-corrected chi connectivity index (χ4v) is 2.69. The molecular formula is C15H20N4O. The number of nitrogen functional groups attached to an aromatic ring is 1. The lowest BCUT2D eigenvalue weighted by atomic mass is 10.1. The number of para-hydroxylation sites is 1. The van der Waals surface area contributed by atoms with Crippen molar-refractivity contribution in [2.75, 3.05) is 17.2 Å². The van der Waals surface area contributed by atoms with Gasteiger partial charge in [-0.05, 0) is 24.0 Å². The summed E-state index contributed by atoms with van der Waals surface area (Å²) in [6.45, 7) is 5.87. The molecule has 1 aromatic heterocycles. The van der Waals surface area contributed by atoms with Gasteiger partial charge >= 0.3 is 0 Å². The van der Waals surface area contributed by atoms with Crippen molar-refractivity contribution in [3.63, 3.8) is 0 Å². The zero-order chi connectivity index (χ0) is 14.1. The smallest absolute Gasteiger partial charge is 0.246 e. The minimum atomic E-state index is 0.531. The lowest BCUT2D eigenvalue weighted by Crippen LogP contribution is -2.20. The molecule has 20 heavy (non-hydrogen) atoms. The third kappa shape index (κ3) is 2.48. The van der Waals surface area contributed by atoms with Crippen molar-refractivity contribution in [1.29, 1.82) is 0 Å². The molecule has 1 aromatic carbocycles. The third-order valence-corrected chi connectivity index (χ3v) is 3.55. The highest BCUT2D eigenvalue weighted by molar-refractivity contribution is 5.73. The number of fused-ring (bicyclic) bond motifs is 1. The van der Waals surface area contributed by atoms with E-state index in [2.05, 4.69) is 35.0 Å². The van der Waals surface area contributed by atoms with Crippen LogP contribution >= 0.6 is 0 Å². The molecule has 0 unspecified atom stereocenters. The van der Waals surface area contributed by atoms with E-state index in [1.165, 1.54) is 5.56 Å². The molecule has 0 saturated heterocycles. The summed E-state index contributed by atoms with van der Waals surface area (Å²) >= 11 is 0. The normalized spacial score (nSPS) is 14.1. The number of nitrogens with two attached hydrogens (primary N) is 1. The first-order valence-corrected chi connectivity index (χ1v) is 7.07. The van der Waals surface area contributed by atoms with Crippen LogP contribution in [0.4, 0.5) is 11.4 Å². The van der Waals surface area contributed by atoms with Gasteiger partial charge < -0.3 is 15.2 Å². The summed E-state index contributed by atoms with van der Waals surface area (Å²) in [5.41, 5.74) is 9.32. The second-order valence-electron chi connectivity index (χ2n) is 5.73. The van der Waals surface area contributed by atoms with Gasteiger partial charge in [-0.15, -0.1) is 0 Å². The Labute approximate surface area is 118 Å². The van der Waals surface area contributed by atoms with Gasteiger partial charge in [0.15, 0.2) is 5.82 Å². The van der Waals surface area contributed by atoms with Crippen molar-refractivity contribution < 1.29 is 4.52 Å². The van der Waals surface area contributed by atoms with Crippen molar-refractivity contribution in [2.45, 2.75) is 33.2 Å². The first kappa shape index (κ1) is 13.0. The molecule has 0 atom stereocenters. The van der Waals surface area contributed by atoms with Crippen molar-refractivity contribution in [1.82, 2.24) is 10.1 Å². The second-order valence-corrected chi connectivity index (χ2v) is 5.73. The van der Waals surface area contributed by atoms with Crippen molar-refractivity contribution in [3.8, 4) is 0 Å². The van der Waals surface area contributed by atoms with Crippen molar-refractivity contribution in [2.24, 2.45) is 5.92 Å². The van der Waals surface area contributed by atoms with Crippen LogP contribution in [0.2, 0.25) is 0 Å². The van der Waals surface area contributed by atoms with Crippen LogP contribution in [0.3, 0.4) is 0 Å². The summed E-state index contributed by atoms with van der Waals surface area (Å²) in [7, 11) is 0. The predicted octanol–water partition coefficient (Wildman–Crippen LogP) is 2.41. The van der Waals surface area contributed by atoms with Gasteiger partial charge in [-0.25, -0.2) is 0 Å². The number of benzene rings is 1. The molecule has 2 aromatic rings. The van der Waals surface area contributed by atoms with Crippen molar-refractivity contribution >= 4 is 11.4 Å². The molecule has 0 radical (unpaired) electrons. The van der Waals surface area contributed by atoms with Crippen molar-refractivity contribution in [3.05, 3.63) is 35.5 Å².